The molecular formula is C20H17F3N4O3. The fourth-order valence-corrected chi connectivity index (χ4v) is 2.69. The molecule has 0 bridgehead atoms. The Kier molecular flexibility index (Phi) is 5.77. The van der Waals surface area contributed by atoms with Gasteiger partial charge < -0.3 is 15.4 Å². The number of methoxy groups -OCH3 is 1. The van der Waals surface area contributed by atoms with Gasteiger partial charge in [0.15, 0.2) is 11.4 Å². The highest BCUT2D eigenvalue weighted by molar-refractivity contribution is 6.05. The van der Waals surface area contributed by atoms with Crippen molar-refractivity contribution in [3.05, 3.63) is 71.5 Å². The number of aromatic nitrogens is 2. The van der Waals surface area contributed by atoms with Crippen LogP contribution in [0.1, 0.15) is 26.4 Å². The summed E-state index contributed by atoms with van der Waals surface area (Å²) in [6.45, 7) is 0. The molecule has 10 heteroatoms. The van der Waals surface area contributed by atoms with Crippen LogP contribution >= 0.6 is 0 Å². The maximum atomic E-state index is 13.0. The van der Waals surface area contributed by atoms with Crippen molar-refractivity contribution in [3.8, 4) is 11.4 Å². The van der Waals surface area contributed by atoms with E-state index in [0.29, 0.717) is 11.3 Å². The number of anilines is 1. The van der Waals surface area contributed by atoms with E-state index < -0.39 is 17.6 Å². The van der Waals surface area contributed by atoms with E-state index in [1.54, 1.807) is 18.2 Å². The Hall–Kier alpha value is -3.82. The van der Waals surface area contributed by atoms with E-state index >= 15 is 0 Å². The SMILES string of the molecule is CNC(=O)c1cccc(NC(=O)c2nn(-c3cccc(C(F)(F)F)c3)cc2OC)c1. The second kappa shape index (κ2) is 8.27. The lowest BCUT2D eigenvalue weighted by Crippen LogP contribution is -2.18. The number of halogens is 3. The van der Waals surface area contributed by atoms with Gasteiger partial charge >= 0.3 is 6.18 Å². The number of hydrogen-bond acceptors (Lipinski definition) is 4. The van der Waals surface area contributed by atoms with E-state index in [9.17, 15) is 22.8 Å². The Morgan fingerprint density at radius 3 is 2.47 bits per heavy atom. The summed E-state index contributed by atoms with van der Waals surface area (Å²) < 4.78 is 45.2. The lowest BCUT2D eigenvalue weighted by Gasteiger charge is -2.08. The molecule has 2 aromatic carbocycles. The highest BCUT2D eigenvalue weighted by atomic mass is 19.4. The first-order chi connectivity index (χ1) is 14.2. The van der Waals surface area contributed by atoms with Crippen molar-refractivity contribution in [2.45, 2.75) is 6.18 Å². The second-order valence-electron chi connectivity index (χ2n) is 6.15. The molecule has 0 aliphatic heterocycles. The van der Waals surface area contributed by atoms with Crippen LogP contribution in [0.5, 0.6) is 5.75 Å². The van der Waals surface area contributed by atoms with Gasteiger partial charge in [-0.2, -0.15) is 18.3 Å². The molecule has 1 aromatic heterocycles. The largest absolute Gasteiger partial charge is 0.493 e. The third kappa shape index (κ3) is 4.43. The molecule has 0 aliphatic rings. The molecule has 2 amide bonds. The Labute approximate surface area is 169 Å². The molecule has 0 unspecified atom stereocenters. The van der Waals surface area contributed by atoms with E-state index in [0.717, 1.165) is 16.8 Å². The Balaban J connectivity index is 1.90. The van der Waals surface area contributed by atoms with Crippen molar-refractivity contribution < 1.29 is 27.5 Å². The summed E-state index contributed by atoms with van der Waals surface area (Å²) in [5, 5.41) is 9.16. The number of alkyl halides is 3. The molecule has 0 saturated heterocycles. The smallest absolute Gasteiger partial charge is 0.416 e. The molecule has 0 spiro atoms. The third-order valence-electron chi connectivity index (χ3n) is 4.16. The van der Waals surface area contributed by atoms with Gasteiger partial charge in [0.25, 0.3) is 11.8 Å². The van der Waals surface area contributed by atoms with E-state index in [1.165, 1.54) is 38.6 Å². The number of ether oxygens (including phenoxy) is 1. The van der Waals surface area contributed by atoms with E-state index in [2.05, 4.69) is 15.7 Å². The number of nitrogens with one attached hydrogen (secondary N) is 2. The zero-order valence-corrected chi connectivity index (χ0v) is 15.9. The van der Waals surface area contributed by atoms with Gasteiger partial charge in [0.1, 0.15) is 0 Å². The minimum atomic E-state index is -4.51. The van der Waals surface area contributed by atoms with Gasteiger partial charge in [0, 0.05) is 18.3 Å². The van der Waals surface area contributed by atoms with E-state index in [4.69, 9.17) is 4.74 Å². The molecule has 2 N–H and O–H groups in total. The van der Waals surface area contributed by atoms with Crippen molar-refractivity contribution in [3.63, 3.8) is 0 Å². The first-order valence-corrected chi connectivity index (χ1v) is 8.67. The Morgan fingerprint density at radius 1 is 1.07 bits per heavy atom. The van der Waals surface area contributed by atoms with Gasteiger partial charge in [0.2, 0.25) is 0 Å². The summed E-state index contributed by atoms with van der Waals surface area (Å²) in [4.78, 5) is 24.4. The number of benzene rings is 2. The Morgan fingerprint density at radius 2 is 1.80 bits per heavy atom. The highest BCUT2D eigenvalue weighted by Gasteiger charge is 2.30. The fraction of sp³-hybridized carbons (Fsp3) is 0.150. The summed E-state index contributed by atoms with van der Waals surface area (Å²) in [7, 11) is 2.80. The van der Waals surface area contributed by atoms with Crippen molar-refractivity contribution in [1.29, 1.82) is 0 Å². The van der Waals surface area contributed by atoms with Gasteiger partial charge in [0.05, 0.1) is 24.6 Å². The lowest BCUT2D eigenvalue weighted by atomic mass is 10.2. The van der Waals surface area contributed by atoms with Gasteiger partial charge in [-0.25, -0.2) is 4.68 Å². The third-order valence-corrected chi connectivity index (χ3v) is 4.16. The summed E-state index contributed by atoms with van der Waals surface area (Å²) in [5.41, 5.74) is -0.163. The van der Waals surface area contributed by atoms with Gasteiger partial charge in [-0.05, 0) is 36.4 Å². The highest BCUT2D eigenvalue weighted by Crippen LogP contribution is 2.31. The average molecular weight is 418 g/mol. The first kappa shape index (κ1) is 20.9. The van der Waals surface area contributed by atoms with Gasteiger partial charge in [-0.15, -0.1) is 0 Å². The van der Waals surface area contributed by atoms with Gasteiger partial charge in [-0.1, -0.05) is 12.1 Å². The summed E-state index contributed by atoms with van der Waals surface area (Å²) in [6, 6.07) is 10.8. The van der Waals surface area contributed by atoms with Crippen LogP contribution in [0.4, 0.5) is 18.9 Å². The van der Waals surface area contributed by atoms with Crippen molar-refractivity contribution in [2.75, 3.05) is 19.5 Å². The average Bonchev–Trinajstić information content (AvgIpc) is 3.17. The molecular weight excluding hydrogens is 401 g/mol. The number of rotatable bonds is 5. The van der Waals surface area contributed by atoms with E-state index in [-0.39, 0.29) is 23.0 Å². The number of amides is 2. The van der Waals surface area contributed by atoms with Crippen LogP contribution in [-0.2, 0) is 6.18 Å². The number of nitrogens with zero attached hydrogens (tertiary/aromatic N) is 2. The molecule has 156 valence electrons. The van der Waals surface area contributed by atoms with Gasteiger partial charge in [-0.3, -0.25) is 9.59 Å². The fourth-order valence-electron chi connectivity index (χ4n) is 2.69. The summed E-state index contributed by atoms with van der Waals surface area (Å²) in [5.74, 6) is -0.892. The zero-order chi connectivity index (χ0) is 21.9. The molecule has 0 radical (unpaired) electrons. The van der Waals surface area contributed by atoms with Crippen LogP contribution in [0, 0.1) is 0 Å². The van der Waals surface area contributed by atoms with Crippen LogP contribution in [0.15, 0.2) is 54.7 Å². The molecule has 0 fully saturated rings. The molecule has 30 heavy (non-hydrogen) atoms. The van der Waals surface area contributed by atoms with Crippen LogP contribution < -0.4 is 15.4 Å². The number of hydrogen-bond donors (Lipinski definition) is 2. The van der Waals surface area contributed by atoms with Crippen LogP contribution in [0.3, 0.4) is 0 Å². The van der Waals surface area contributed by atoms with Crippen LogP contribution in [0.25, 0.3) is 5.69 Å². The topological polar surface area (TPSA) is 85.3 Å². The molecule has 3 rings (SSSR count). The summed E-state index contributed by atoms with van der Waals surface area (Å²) in [6.07, 6.45) is -3.20. The minimum absolute atomic E-state index is 0.0763. The maximum absolute atomic E-state index is 13.0. The number of carbonyl (C=O) groups excluding carboxylic acids is 2. The second-order valence-corrected chi connectivity index (χ2v) is 6.15. The molecule has 1 heterocycles. The quantitative estimate of drug-likeness (QED) is 0.664. The van der Waals surface area contributed by atoms with Crippen molar-refractivity contribution in [2.24, 2.45) is 0 Å². The minimum Gasteiger partial charge on any atom is -0.493 e. The zero-order valence-electron chi connectivity index (χ0n) is 15.9. The normalized spacial score (nSPS) is 11.1. The standard InChI is InChI=1S/C20H17F3N4O3/c1-24-18(28)12-5-3-7-14(9-12)25-19(29)17-16(30-2)11-27(26-17)15-8-4-6-13(10-15)20(21,22)23/h3-11H,1-2H3,(H,24,28)(H,25,29). The maximum Gasteiger partial charge on any atom is 0.416 e. The predicted octanol–water partition coefficient (Wildman–Crippen LogP) is 3.51. The molecule has 3 aromatic rings. The summed E-state index contributed by atoms with van der Waals surface area (Å²) >= 11 is 0. The van der Waals surface area contributed by atoms with Crippen LogP contribution in [-0.4, -0.2) is 35.8 Å². The van der Waals surface area contributed by atoms with Crippen molar-refractivity contribution in [1.82, 2.24) is 15.1 Å². The first-order valence-electron chi connectivity index (χ1n) is 8.67. The van der Waals surface area contributed by atoms with Crippen molar-refractivity contribution >= 4 is 17.5 Å². The molecule has 0 saturated carbocycles. The molecule has 0 aliphatic carbocycles. The number of carbonyl (C=O) groups is 2. The predicted molar refractivity (Wildman–Crippen MR) is 103 cm³/mol. The monoisotopic (exact) mass is 418 g/mol. The molecule has 7 nitrogen and oxygen atoms in total. The molecule has 0 atom stereocenters. The van der Waals surface area contributed by atoms with E-state index in [1.807, 2.05) is 0 Å². The lowest BCUT2D eigenvalue weighted by molar-refractivity contribution is -0.137. The van der Waals surface area contributed by atoms with Crippen LogP contribution in [0.2, 0.25) is 0 Å². The Bertz CT molecular complexity index is 1090.